The van der Waals surface area contributed by atoms with E-state index in [9.17, 15) is 5.11 Å². The van der Waals surface area contributed by atoms with Crippen molar-refractivity contribution in [2.45, 2.75) is 6.54 Å². The summed E-state index contributed by atoms with van der Waals surface area (Å²) in [5.41, 5.74) is 2.10. The van der Waals surface area contributed by atoms with Gasteiger partial charge in [0.1, 0.15) is 0 Å². The Hall–Kier alpha value is -2.66. The molecule has 1 N–H and O–H groups in total. The monoisotopic (exact) mass is 308 g/mol. The minimum Gasteiger partial charge on any atom is -0.395 e. The summed E-state index contributed by atoms with van der Waals surface area (Å²) in [6.07, 6.45) is 0. The summed E-state index contributed by atoms with van der Waals surface area (Å²) in [6, 6.07) is 20.0. The molecule has 0 bridgehead atoms. The lowest BCUT2D eigenvalue weighted by Gasteiger charge is -2.23. The van der Waals surface area contributed by atoms with Gasteiger partial charge in [-0.2, -0.15) is 0 Å². The van der Waals surface area contributed by atoms with Crippen LogP contribution in [0.25, 0.3) is 11.4 Å². The molecule has 0 atom stereocenters. The van der Waals surface area contributed by atoms with Crippen LogP contribution in [0.4, 0.5) is 5.69 Å². The van der Waals surface area contributed by atoms with E-state index in [1.165, 1.54) is 0 Å². The van der Waals surface area contributed by atoms with Gasteiger partial charge in [-0.05, 0) is 12.1 Å². The number of hydrogen-bond donors (Lipinski definition) is 1. The molecule has 2 aromatic carbocycles. The summed E-state index contributed by atoms with van der Waals surface area (Å²) in [4.78, 5) is 2.10. The molecule has 1 aromatic heterocycles. The van der Waals surface area contributed by atoms with Gasteiger partial charge in [-0.1, -0.05) is 48.5 Å². The fraction of sp³-hybridized carbons (Fsp3) is 0.222. The molecule has 3 aromatic rings. The molecule has 0 aliphatic heterocycles. The van der Waals surface area contributed by atoms with Gasteiger partial charge >= 0.3 is 0 Å². The molecular weight excluding hydrogens is 288 g/mol. The molecule has 0 aliphatic carbocycles. The molecule has 0 saturated carbocycles. The maximum atomic E-state index is 9.34. The first-order valence-corrected chi connectivity index (χ1v) is 7.64. The average molecular weight is 308 g/mol. The van der Waals surface area contributed by atoms with E-state index in [4.69, 9.17) is 0 Å². The Morgan fingerprint density at radius 2 is 1.61 bits per heavy atom. The maximum Gasteiger partial charge on any atom is 0.163 e. The fourth-order valence-electron chi connectivity index (χ4n) is 2.57. The molecule has 118 valence electrons. The molecule has 0 radical (unpaired) electrons. The molecule has 5 nitrogen and oxygen atoms in total. The molecule has 0 saturated heterocycles. The third-order valence-electron chi connectivity index (χ3n) is 3.82. The van der Waals surface area contributed by atoms with Gasteiger partial charge < -0.3 is 14.6 Å². The summed E-state index contributed by atoms with van der Waals surface area (Å²) < 4.78 is 2.00. The number of anilines is 1. The minimum absolute atomic E-state index is 0.0955. The number of benzene rings is 2. The maximum absolute atomic E-state index is 9.34. The first kappa shape index (κ1) is 15.2. The van der Waals surface area contributed by atoms with Crippen LogP contribution in [-0.4, -0.2) is 33.0 Å². The van der Waals surface area contributed by atoms with Crippen molar-refractivity contribution < 1.29 is 5.11 Å². The molecule has 0 spiro atoms. The smallest absolute Gasteiger partial charge is 0.163 e. The second-order valence-corrected chi connectivity index (χ2v) is 5.35. The van der Waals surface area contributed by atoms with Crippen LogP contribution in [-0.2, 0) is 13.6 Å². The van der Waals surface area contributed by atoms with E-state index in [-0.39, 0.29) is 6.61 Å². The van der Waals surface area contributed by atoms with Crippen LogP contribution in [0.2, 0.25) is 0 Å². The van der Waals surface area contributed by atoms with Crippen molar-refractivity contribution in [2.75, 3.05) is 18.1 Å². The molecule has 0 aliphatic rings. The van der Waals surface area contributed by atoms with E-state index in [0.29, 0.717) is 13.1 Å². The third-order valence-corrected chi connectivity index (χ3v) is 3.82. The predicted molar refractivity (Wildman–Crippen MR) is 91.0 cm³/mol. The summed E-state index contributed by atoms with van der Waals surface area (Å²) >= 11 is 0. The second-order valence-electron chi connectivity index (χ2n) is 5.35. The van der Waals surface area contributed by atoms with Gasteiger partial charge in [0.2, 0.25) is 0 Å². The van der Waals surface area contributed by atoms with Crippen LogP contribution in [0.15, 0.2) is 60.7 Å². The van der Waals surface area contributed by atoms with Gasteiger partial charge in [0.15, 0.2) is 11.6 Å². The second kappa shape index (κ2) is 7.07. The summed E-state index contributed by atoms with van der Waals surface area (Å²) in [5.74, 6) is 1.71. The Balaban J connectivity index is 1.86. The molecule has 1 heterocycles. The molecule has 23 heavy (non-hydrogen) atoms. The van der Waals surface area contributed by atoms with E-state index < -0.39 is 0 Å². The lowest BCUT2D eigenvalue weighted by molar-refractivity contribution is 0.301. The molecule has 3 rings (SSSR count). The molecule has 0 fully saturated rings. The van der Waals surface area contributed by atoms with Crippen LogP contribution >= 0.6 is 0 Å². The molecule has 5 heteroatoms. The van der Waals surface area contributed by atoms with Crippen molar-refractivity contribution in [2.24, 2.45) is 7.05 Å². The highest BCUT2D eigenvalue weighted by atomic mass is 16.3. The first-order chi connectivity index (χ1) is 11.3. The third kappa shape index (κ3) is 3.40. The molecule has 0 amide bonds. The van der Waals surface area contributed by atoms with Crippen molar-refractivity contribution >= 4 is 5.69 Å². The number of aromatic nitrogens is 3. The average Bonchev–Trinajstić information content (AvgIpc) is 2.97. The SMILES string of the molecule is Cn1c(CN(CCO)c2ccccc2)nnc1-c1ccccc1. The zero-order valence-electron chi connectivity index (χ0n) is 13.1. The fourth-order valence-corrected chi connectivity index (χ4v) is 2.57. The topological polar surface area (TPSA) is 54.2 Å². The van der Waals surface area contributed by atoms with Crippen molar-refractivity contribution in [3.8, 4) is 11.4 Å². The molecule has 0 unspecified atom stereocenters. The highest BCUT2D eigenvalue weighted by Crippen LogP contribution is 2.19. The predicted octanol–water partition coefficient (Wildman–Crippen LogP) is 2.48. The Bertz CT molecular complexity index is 740. The van der Waals surface area contributed by atoms with Crippen LogP contribution in [0.1, 0.15) is 5.82 Å². The van der Waals surface area contributed by atoms with Gasteiger partial charge in [-0.25, -0.2) is 0 Å². The Kier molecular flexibility index (Phi) is 4.68. The van der Waals surface area contributed by atoms with E-state index in [2.05, 4.69) is 15.1 Å². The van der Waals surface area contributed by atoms with Gasteiger partial charge in [0.25, 0.3) is 0 Å². The quantitative estimate of drug-likeness (QED) is 0.760. The summed E-state index contributed by atoms with van der Waals surface area (Å²) in [7, 11) is 1.97. The normalized spacial score (nSPS) is 10.7. The number of para-hydroxylation sites is 1. The number of hydrogen-bond acceptors (Lipinski definition) is 4. The Morgan fingerprint density at radius 3 is 2.26 bits per heavy atom. The van der Waals surface area contributed by atoms with E-state index in [1.807, 2.05) is 72.3 Å². The summed E-state index contributed by atoms with van der Waals surface area (Å²) in [6.45, 7) is 1.25. The zero-order chi connectivity index (χ0) is 16.1. The number of aliphatic hydroxyl groups is 1. The van der Waals surface area contributed by atoms with Gasteiger partial charge in [0, 0.05) is 24.8 Å². The van der Waals surface area contributed by atoms with Crippen molar-refractivity contribution in [1.82, 2.24) is 14.8 Å². The minimum atomic E-state index is 0.0955. The highest BCUT2D eigenvalue weighted by Gasteiger charge is 2.14. The zero-order valence-corrected chi connectivity index (χ0v) is 13.1. The standard InChI is InChI=1S/C18H20N4O/c1-21-17(19-20-18(21)15-8-4-2-5-9-15)14-22(12-13-23)16-10-6-3-7-11-16/h2-11,23H,12-14H2,1H3. The number of rotatable bonds is 6. The lowest BCUT2D eigenvalue weighted by atomic mass is 10.2. The first-order valence-electron chi connectivity index (χ1n) is 7.64. The van der Waals surface area contributed by atoms with E-state index >= 15 is 0 Å². The molecular formula is C18H20N4O. The number of aliphatic hydroxyl groups excluding tert-OH is 1. The Labute approximate surface area is 135 Å². The summed E-state index contributed by atoms with van der Waals surface area (Å²) in [5, 5.41) is 18.0. The van der Waals surface area contributed by atoms with Crippen LogP contribution in [0.3, 0.4) is 0 Å². The largest absolute Gasteiger partial charge is 0.395 e. The van der Waals surface area contributed by atoms with Gasteiger partial charge in [-0.3, -0.25) is 0 Å². The van der Waals surface area contributed by atoms with Crippen molar-refractivity contribution in [3.63, 3.8) is 0 Å². The van der Waals surface area contributed by atoms with Crippen molar-refractivity contribution in [1.29, 1.82) is 0 Å². The van der Waals surface area contributed by atoms with Crippen LogP contribution in [0.5, 0.6) is 0 Å². The van der Waals surface area contributed by atoms with E-state index in [1.54, 1.807) is 0 Å². The van der Waals surface area contributed by atoms with Crippen LogP contribution < -0.4 is 4.90 Å². The number of nitrogens with zero attached hydrogens (tertiary/aromatic N) is 4. The van der Waals surface area contributed by atoms with Gasteiger partial charge in [-0.15, -0.1) is 10.2 Å². The van der Waals surface area contributed by atoms with Crippen LogP contribution in [0, 0.1) is 0 Å². The van der Waals surface area contributed by atoms with Crippen molar-refractivity contribution in [3.05, 3.63) is 66.5 Å². The highest BCUT2D eigenvalue weighted by molar-refractivity contribution is 5.55. The lowest BCUT2D eigenvalue weighted by Crippen LogP contribution is -2.27. The van der Waals surface area contributed by atoms with Gasteiger partial charge in [0.05, 0.1) is 13.2 Å². The van der Waals surface area contributed by atoms with E-state index in [0.717, 1.165) is 22.9 Å². The Morgan fingerprint density at radius 1 is 0.957 bits per heavy atom.